The van der Waals surface area contributed by atoms with Crippen LogP contribution in [0.3, 0.4) is 0 Å². The molecule has 0 heterocycles. The Kier molecular flexibility index (Phi) is 5.41. The van der Waals surface area contributed by atoms with E-state index in [1.54, 1.807) is 0 Å². The highest BCUT2D eigenvalue weighted by Gasteiger charge is 2.12. The number of rotatable bonds is 3. The van der Waals surface area contributed by atoms with E-state index in [0.29, 0.717) is 10.9 Å². The maximum Gasteiger partial charge on any atom is 0.256 e. The van der Waals surface area contributed by atoms with E-state index in [4.69, 9.17) is 0 Å². The normalized spacial score (nSPS) is 10.3. The average molecular weight is 495 g/mol. The molecule has 98 valence electrons. The summed E-state index contributed by atoms with van der Waals surface area (Å²) in [6, 6.07) is 13.4. The summed E-state index contributed by atoms with van der Waals surface area (Å²) < 4.78 is 1.82. The van der Waals surface area contributed by atoms with Crippen LogP contribution >= 0.6 is 54.5 Å². The molecule has 0 aliphatic carbocycles. The van der Waals surface area contributed by atoms with Crippen molar-refractivity contribution in [1.29, 1.82) is 0 Å². The zero-order valence-corrected chi connectivity index (χ0v) is 15.1. The monoisotopic (exact) mass is 493 g/mol. The highest BCUT2D eigenvalue weighted by atomic mass is 127. The summed E-state index contributed by atoms with van der Waals surface area (Å²) in [5, 5.41) is 3.66. The molecule has 0 atom stereocenters. The Bertz CT molecular complexity index is 616. The fourth-order valence-corrected chi connectivity index (χ4v) is 3.05. The van der Waals surface area contributed by atoms with Crippen LogP contribution in [0.1, 0.15) is 15.9 Å². The fraction of sp³-hybridized carbons (Fsp3) is 0.0714. The van der Waals surface area contributed by atoms with Crippen LogP contribution in [0.25, 0.3) is 0 Å². The van der Waals surface area contributed by atoms with Gasteiger partial charge in [0.15, 0.2) is 0 Å². The zero-order valence-electron chi connectivity index (χ0n) is 9.79. The number of nitrogens with one attached hydrogen (secondary N) is 1. The van der Waals surface area contributed by atoms with E-state index in [-0.39, 0.29) is 5.91 Å². The first-order chi connectivity index (χ1) is 9.11. The minimum atomic E-state index is -0.0981. The Morgan fingerprint density at radius 3 is 2.68 bits per heavy atom. The van der Waals surface area contributed by atoms with Crippen molar-refractivity contribution in [2.24, 2.45) is 0 Å². The van der Waals surface area contributed by atoms with E-state index in [1.165, 1.54) is 0 Å². The molecule has 2 nitrogen and oxygen atoms in total. The minimum absolute atomic E-state index is 0.0981. The molecule has 0 radical (unpaired) electrons. The number of carbonyl (C=O) groups excluding carboxylic acids is 1. The first-order valence-electron chi connectivity index (χ1n) is 5.52. The molecule has 2 aromatic rings. The average Bonchev–Trinajstić information content (AvgIpc) is 2.42. The van der Waals surface area contributed by atoms with Crippen LogP contribution in [0, 0.1) is 3.57 Å². The van der Waals surface area contributed by atoms with Crippen LogP contribution in [0.5, 0.6) is 0 Å². The molecular weight excluding hydrogens is 485 g/mol. The molecule has 0 bridgehead atoms. The van der Waals surface area contributed by atoms with Gasteiger partial charge in [-0.1, -0.05) is 50.1 Å². The largest absolute Gasteiger partial charge is 0.322 e. The molecule has 0 saturated carbocycles. The van der Waals surface area contributed by atoms with E-state index in [2.05, 4.69) is 59.8 Å². The smallest absolute Gasteiger partial charge is 0.256 e. The Labute approximate surface area is 142 Å². The van der Waals surface area contributed by atoms with E-state index in [1.807, 2.05) is 42.5 Å². The lowest BCUT2D eigenvalue weighted by molar-refractivity contribution is 0.102. The van der Waals surface area contributed by atoms with E-state index < -0.39 is 0 Å². The standard InChI is InChI=1S/C14H10Br2INO/c15-8-9-3-1-2-4-13(9)18-14(19)11-7-10(16)5-6-12(11)17/h1-7H,8H2,(H,18,19). The third kappa shape index (κ3) is 3.79. The van der Waals surface area contributed by atoms with Crippen LogP contribution in [0.2, 0.25) is 0 Å². The first-order valence-corrected chi connectivity index (χ1v) is 8.51. The molecule has 0 aromatic heterocycles. The Balaban J connectivity index is 2.28. The van der Waals surface area contributed by atoms with Crippen molar-refractivity contribution >= 4 is 66.0 Å². The van der Waals surface area contributed by atoms with Gasteiger partial charge in [-0.2, -0.15) is 0 Å². The van der Waals surface area contributed by atoms with Gasteiger partial charge in [-0.05, 0) is 52.4 Å². The molecule has 0 fully saturated rings. The number of alkyl halides is 1. The summed E-state index contributed by atoms with van der Waals surface area (Å²) >= 11 is 8.97. The summed E-state index contributed by atoms with van der Waals surface area (Å²) in [6.45, 7) is 0. The van der Waals surface area contributed by atoms with E-state index in [0.717, 1.165) is 19.3 Å². The highest BCUT2D eigenvalue weighted by molar-refractivity contribution is 14.1. The van der Waals surface area contributed by atoms with Gasteiger partial charge in [0, 0.05) is 19.1 Å². The SMILES string of the molecule is O=C(Nc1ccccc1CBr)c1cc(Br)ccc1I. The van der Waals surface area contributed by atoms with Gasteiger partial charge in [-0.25, -0.2) is 0 Å². The van der Waals surface area contributed by atoms with Crippen molar-refractivity contribution in [3.63, 3.8) is 0 Å². The van der Waals surface area contributed by atoms with Gasteiger partial charge in [0.2, 0.25) is 0 Å². The van der Waals surface area contributed by atoms with Crippen molar-refractivity contribution in [3.05, 3.63) is 61.6 Å². The second-order valence-corrected chi connectivity index (χ2v) is 6.51. The van der Waals surface area contributed by atoms with Crippen LogP contribution in [0.4, 0.5) is 5.69 Å². The maximum absolute atomic E-state index is 12.3. The van der Waals surface area contributed by atoms with Crippen molar-refractivity contribution in [2.45, 2.75) is 5.33 Å². The number of hydrogen-bond donors (Lipinski definition) is 1. The molecule has 0 saturated heterocycles. The lowest BCUT2D eigenvalue weighted by Crippen LogP contribution is -2.14. The molecule has 0 aliphatic rings. The van der Waals surface area contributed by atoms with Gasteiger partial charge in [-0.15, -0.1) is 0 Å². The predicted molar refractivity (Wildman–Crippen MR) is 93.9 cm³/mol. The topological polar surface area (TPSA) is 29.1 Å². The second kappa shape index (κ2) is 6.85. The van der Waals surface area contributed by atoms with Crippen LogP contribution in [-0.2, 0) is 5.33 Å². The Morgan fingerprint density at radius 1 is 1.21 bits per heavy atom. The maximum atomic E-state index is 12.3. The summed E-state index contributed by atoms with van der Waals surface area (Å²) in [6.07, 6.45) is 0. The van der Waals surface area contributed by atoms with E-state index >= 15 is 0 Å². The molecule has 0 unspecified atom stereocenters. The van der Waals surface area contributed by atoms with Gasteiger partial charge in [0.05, 0.1) is 5.56 Å². The number of halogens is 3. The molecule has 1 N–H and O–H groups in total. The van der Waals surface area contributed by atoms with Gasteiger partial charge in [0.25, 0.3) is 5.91 Å². The third-order valence-electron chi connectivity index (χ3n) is 2.58. The summed E-state index contributed by atoms with van der Waals surface area (Å²) in [4.78, 5) is 12.3. The molecular formula is C14H10Br2INO. The first kappa shape index (κ1) is 15.0. The van der Waals surface area contributed by atoms with Gasteiger partial charge in [0.1, 0.15) is 0 Å². The number of hydrogen-bond acceptors (Lipinski definition) is 1. The molecule has 19 heavy (non-hydrogen) atoms. The number of benzene rings is 2. The van der Waals surface area contributed by atoms with Gasteiger partial charge >= 0.3 is 0 Å². The molecule has 5 heteroatoms. The fourth-order valence-electron chi connectivity index (χ4n) is 1.62. The molecule has 0 aliphatic heterocycles. The number of anilines is 1. The number of para-hydroxylation sites is 1. The van der Waals surface area contributed by atoms with Crippen LogP contribution < -0.4 is 5.32 Å². The molecule has 2 rings (SSSR count). The summed E-state index contributed by atoms with van der Waals surface area (Å²) in [5.41, 5.74) is 2.56. The van der Waals surface area contributed by atoms with Crippen LogP contribution in [0.15, 0.2) is 46.9 Å². The van der Waals surface area contributed by atoms with Crippen molar-refractivity contribution in [1.82, 2.24) is 0 Å². The third-order valence-corrected chi connectivity index (χ3v) is 4.62. The lowest BCUT2D eigenvalue weighted by Gasteiger charge is -2.10. The zero-order chi connectivity index (χ0) is 13.8. The summed E-state index contributed by atoms with van der Waals surface area (Å²) in [7, 11) is 0. The van der Waals surface area contributed by atoms with Crippen molar-refractivity contribution in [2.75, 3.05) is 5.32 Å². The summed E-state index contributed by atoms with van der Waals surface area (Å²) in [5.74, 6) is -0.0981. The lowest BCUT2D eigenvalue weighted by atomic mass is 10.1. The molecule has 2 aromatic carbocycles. The van der Waals surface area contributed by atoms with Crippen molar-refractivity contribution < 1.29 is 4.79 Å². The van der Waals surface area contributed by atoms with Gasteiger partial charge < -0.3 is 5.32 Å². The second-order valence-electron chi connectivity index (χ2n) is 3.87. The number of amides is 1. The van der Waals surface area contributed by atoms with Crippen LogP contribution in [-0.4, -0.2) is 5.91 Å². The molecule has 1 amide bonds. The predicted octanol–water partition coefficient (Wildman–Crippen LogP) is 5.20. The quantitative estimate of drug-likeness (QED) is 0.461. The van der Waals surface area contributed by atoms with Gasteiger partial charge in [-0.3, -0.25) is 4.79 Å². The minimum Gasteiger partial charge on any atom is -0.322 e. The Hall–Kier alpha value is -0.400. The van der Waals surface area contributed by atoms with Crippen molar-refractivity contribution in [3.8, 4) is 0 Å². The Morgan fingerprint density at radius 2 is 1.95 bits per heavy atom. The number of carbonyl (C=O) groups is 1. The highest BCUT2D eigenvalue weighted by Crippen LogP contribution is 2.22. The molecule has 0 spiro atoms. The van der Waals surface area contributed by atoms with E-state index in [9.17, 15) is 4.79 Å².